The fourth-order valence-electron chi connectivity index (χ4n) is 2.64. The maximum Gasteiger partial charge on any atom is 0.244 e. The molecule has 1 unspecified atom stereocenters. The number of aromatic nitrogens is 2. The van der Waals surface area contributed by atoms with Gasteiger partial charge in [-0.25, -0.2) is 0 Å². The number of nitrogens with zero attached hydrogens (tertiary/aromatic N) is 3. The molecule has 3 rings (SSSR count). The van der Waals surface area contributed by atoms with Crippen LogP contribution in [0.2, 0.25) is 5.02 Å². The van der Waals surface area contributed by atoms with Gasteiger partial charge in [-0.3, -0.25) is 9.48 Å². The molecule has 0 aliphatic carbocycles. The second kappa shape index (κ2) is 7.20. The molecule has 6 heteroatoms. The first-order chi connectivity index (χ1) is 10.7. The lowest BCUT2D eigenvalue weighted by atomic mass is 10.1. The van der Waals surface area contributed by atoms with Crippen molar-refractivity contribution in [3.8, 4) is 0 Å². The van der Waals surface area contributed by atoms with E-state index in [1.165, 1.54) is 5.56 Å². The SMILES string of the molecule is O=C(Cn1cccn1)N1CCSC(c2ccccc2Cl)CC1. The van der Waals surface area contributed by atoms with Crippen molar-refractivity contribution in [1.82, 2.24) is 14.7 Å². The van der Waals surface area contributed by atoms with Gasteiger partial charge in [-0.15, -0.1) is 0 Å². The van der Waals surface area contributed by atoms with Crippen molar-refractivity contribution in [2.24, 2.45) is 0 Å². The van der Waals surface area contributed by atoms with Crippen LogP contribution in [-0.2, 0) is 11.3 Å². The van der Waals surface area contributed by atoms with Crippen LogP contribution in [0.15, 0.2) is 42.7 Å². The Morgan fingerprint density at radius 3 is 2.95 bits per heavy atom. The van der Waals surface area contributed by atoms with Gasteiger partial charge in [0.1, 0.15) is 6.54 Å². The highest BCUT2D eigenvalue weighted by Crippen LogP contribution is 2.37. The molecule has 0 N–H and O–H groups in total. The molecule has 1 atom stereocenters. The molecule has 0 saturated carbocycles. The first-order valence-electron chi connectivity index (χ1n) is 7.35. The molecule has 1 aliphatic heterocycles. The molecular weight excluding hydrogens is 318 g/mol. The predicted molar refractivity (Wildman–Crippen MR) is 90.1 cm³/mol. The number of thioether (sulfide) groups is 1. The molecule has 116 valence electrons. The molecule has 22 heavy (non-hydrogen) atoms. The monoisotopic (exact) mass is 335 g/mol. The summed E-state index contributed by atoms with van der Waals surface area (Å²) in [5.41, 5.74) is 1.18. The minimum atomic E-state index is 0.129. The van der Waals surface area contributed by atoms with Crippen molar-refractivity contribution < 1.29 is 4.79 Å². The lowest BCUT2D eigenvalue weighted by molar-refractivity contribution is -0.131. The Morgan fingerprint density at radius 1 is 1.32 bits per heavy atom. The van der Waals surface area contributed by atoms with Crippen LogP contribution in [0.4, 0.5) is 0 Å². The Morgan fingerprint density at radius 2 is 2.18 bits per heavy atom. The summed E-state index contributed by atoms with van der Waals surface area (Å²) >= 11 is 8.18. The molecule has 1 aromatic heterocycles. The normalized spacial score (nSPS) is 19.0. The summed E-state index contributed by atoms with van der Waals surface area (Å²) in [7, 11) is 0. The van der Waals surface area contributed by atoms with E-state index < -0.39 is 0 Å². The third kappa shape index (κ3) is 3.65. The summed E-state index contributed by atoms with van der Waals surface area (Å²) in [6, 6.07) is 9.82. The van der Waals surface area contributed by atoms with E-state index in [9.17, 15) is 4.79 Å². The maximum atomic E-state index is 12.4. The molecule has 1 saturated heterocycles. The predicted octanol–water partition coefficient (Wildman–Crippen LogP) is 3.24. The van der Waals surface area contributed by atoms with Crippen LogP contribution in [-0.4, -0.2) is 39.4 Å². The van der Waals surface area contributed by atoms with Gasteiger partial charge < -0.3 is 4.90 Å². The van der Waals surface area contributed by atoms with Gasteiger partial charge in [0.25, 0.3) is 0 Å². The smallest absolute Gasteiger partial charge is 0.244 e. The Hall–Kier alpha value is -1.46. The first-order valence-corrected chi connectivity index (χ1v) is 8.78. The topological polar surface area (TPSA) is 38.1 Å². The van der Waals surface area contributed by atoms with Gasteiger partial charge in [0.2, 0.25) is 5.91 Å². The first kappa shape index (κ1) is 15.4. The highest BCUT2D eigenvalue weighted by molar-refractivity contribution is 7.99. The average molecular weight is 336 g/mol. The van der Waals surface area contributed by atoms with E-state index in [1.54, 1.807) is 10.9 Å². The van der Waals surface area contributed by atoms with Crippen LogP contribution in [0.5, 0.6) is 0 Å². The zero-order valence-corrected chi connectivity index (χ0v) is 13.8. The van der Waals surface area contributed by atoms with E-state index in [1.807, 2.05) is 47.1 Å². The fourth-order valence-corrected chi connectivity index (χ4v) is 4.24. The van der Waals surface area contributed by atoms with Crippen LogP contribution in [0.3, 0.4) is 0 Å². The quantitative estimate of drug-likeness (QED) is 0.864. The van der Waals surface area contributed by atoms with E-state index in [2.05, 4.69) is 11.2 Å². The Kier molecular flexibility index (Phi) is 5.05. The zero-order valence-electron chi connectivity index (χ0n) is 12.2. The molecule has 1 amide bonds. The Labute approximate surface area is 139 Å². The number of carbonyl (C=O) groups is 1. The number of rotatable bonds is 3. The number of hydrogen-bond donors (Lipinski definition) is 0. The van der Waals surface area contributed by atoms with Gasteiger partial charge in [0, 0.05) is 41.5 Å². The third-order valence-electron chi connectivity index (χ3n) is 3.80. The van der Waals surface area contributed by atoms with E-state index in [0.29, 0.717) is 11.8 Å². The summed E-state index contributed by atoms with van der Waals surface area (Å²) in [6.07, 6.45) is 4.44. The zero-order chi connectivity index (χ0) is 15.4. The van der Waals surface area contributed by atoms with Crippen LogP contribution in [0.25, 0.3) is 0 Å². The van der Waals surface area contributed by atoms with Gasteiger partial charge in [0.05, 0.1) is 0 Å². The van der Waals surface area contributed by atoms with Crippen LogP contribution < -0.4 is 0 Å². The van der Waals surface area contributed by atoms with Crippen LogP contribution in [0.1, 0.15) is 17.2 Å². The highest BCUT2D eigenvalue weighted by Gasteiger charge is 2.23. The number of amides is 1. The summed E-state index contributed by atoms with van der Waals surface area (Å²) in [5, 5.41) is 5.27. The van der Waals surface area contributed by atoms with E-state index in [-0.39, 0.29) is 5.91 Å². The summed E-state index contributed by atoms with van der Waals surface area (Å²) in [4.78, 5) is 14.3. The van der Waals surface area contributed by atoms with E-state index in [0.717, 1.165) is 30.3 Å². The molecule has 1 aromatic carbocycles. The second-order valence-electron chi connectivity index (χ2n) is 5.25. The minimum Gasteiger partial charge on any atom is -0.340 e. The average Bonchev–Trinajstić information content (AvgIpc) is 2.90. The van der Waals surface area contributed by atoms with E-state index in [4.69, 9.17) is 11.6 Å². The van der Waals surface area contributed by atoms with Crippen molar-refractivity contribution in [1.29, 1.82) is 0 Å². The Balaban J connectivity index is 1.62. The standard InChI is InChI=1S/C16H18ClN3OS/c17-14-5-2-1-4-13(14)15-6-9-19(10-11-22-15)16(21)12-20-8-3-7-18-20/h1-5,7-8,15H,6,9-12H2. The molecule has 4 nitrogen and oxygen atoms in total. The third-order valence-corrected chi connectivity index (χ3v) is 5.46. The largest absolute Gasteiger partial charge is 0.340 e. The molecule has 2 aromatic rings. The second-order valence-corrected chi connectivity index (χ2v) is 6.97. The van der Waals surface area contributed by atoms with Crippen LogP contribution in [0, 0.1) is 0 Å². The number of carbonyl (C=O) groups excluding carboxylic acids is 1. The molecule has 0 bridgehead atoms. The molecular formula is C16H18ClN3OS. The van der Waals surface area contributed by atoms with Crippen molar-refractivity contribution >= 4 is 29.3 Å². The highest BCUT2D eigenvalue weighted by atomic mass is 35.5. The maximum absolute atomic E-state index is 12.4. The molecule has 0 radical (unpaired) electrons. The molecule has 0 spiro atoms. The van der Waals surface area contributed by atoms with E-state index >= 15 is 0 Å². The minimum absolute atomic E-state index is 0.129. The van der Waals surface area contributed by atoms with Crippen molar-refractivity contribution in [3.63, 3.8) is 0 Å². The van der Waals surface area contributed by atoms with Crippen molar-refractivity contribution in [2.45, 2.75) is 18.2 Å². The summed E-state index contributed by atoms with van der Waals surface area (Å²) in [5.74, 6) is 1.06. The van der Waals surface area contributed by atoms with Gasteiger partial charge in [-0.2, -0.15) is 16.9 Å². The van der Waals surface area contributed by atoms with Gasteiger partial charge in [0.15, 0.2) is 0 Å². The number of benzene rings is 1. The van der Waals surface area contributed by atoms with Crippen molar-refractivity contribution in [2.75, 3.05) is 18.8 Å². The number of halogens is 1. The molecule has 1 aliphatic rings. The van der Waals surface area contributed by atoms with Gasteiger partial charge >= 0.3 is 0 Å². The van der Waals surface area contributed by atoms with Crippen LogP contribution >= 0.6 is 23.4 Å². The summed E-state index contributed by atoms with van der Waals surface area (Å²) in [6.45, 7) is 1.86. The summed E-state index contributed by atoms with van der Waals surface area (Å²) < 4.78 is 1.67. The molecule has 1 fully saturated rings. The Bertz CT molecular complexity index is 632. The van der Waals surface area contributed by atoms with Crippen molar-refractivity contribution in [3.05, 3.63) is 53.3 Å². The lowest BCUT2D eigenvalue weighted by Crippen LogP contribution is -2.35. The molecule has 2 heterocycles. The lowest BCUT2D eigenvalue weighted by Gasteiger charge is -2.20. The van der Waals surface area contributed by atoms with Gasteiger partial charge in [-0.05, 0) is 24.1 Å². The fraction of sp³-hybridized carbons (Fsp3) is 0.375. The number of hydrogen-bond acceptors (Lipinski definition) is 3. The van der Waals surface area contributed by atoms with Gasteiger partial charge in [-0.1, -0.05) is 29.8 Å².